The van der Waals surface area contributed by atoms with Gasteiger partial charge >= 0.3 is 0 Å². The molecule has 4 heteroatoms. The number of thiazole rings is 1. The lowest BCUT2D eigenvalue weighted by atomic mass is 9.90. The van der Waals surface area contributed by atoms with Gasteiger partial charge in [0, 0.05) is 24.9 Å². The number of hydrogen-bond donors (Lipinski definition) is 2. The van der Waals surface area contributed by atoms with Gasteiger partial charge in [0.25, 0.3) is 0 Å². The molecule has 0 aromatic carbocycles. The van der Waals surface area contributed by atoms with Crippen molar-refractivity contribution in [3.63, 3.8) is 0 Å². The second kappa shape index (κ2) is 6.33. The highest BCUT2D eigenvalue weighted by Crippen LogP contribution is 2.18. The highest BCUT2D eigenvalue weighted by atomic mass is 32.1. The Kier molecular flexibility index (Phi) is 5.38. The SMILES string of the molecule is CCC(C)(C)CNCc1csc(CCN)n1. The molecule has 0 bridgehead atoms. The van der Waals surface area contributed by atoms with Crippen molar-refractivity contribution in [1.82, 2.24) is 10.3 Å². The molecule has 0 aliphatic carbocycles. The summed E-state index contributed by atoms with van der Waals surface area (Å²) in [6.45, 7) is 9.37. The smallest absolute Gasteiger partial charge is 0.0941 e. The van der Waals surface area contributed by atoms with Crippen molar-refractivity contribution >= 4 is 11.3 Å². The summed E-state index contributed by atoms with van der Waals surface area (Å²) in [5.74, 6) is 0. The van der Waals surface area contributed by atoms with E-state index < -0.39 is 0 Å². The van der Waals surface area contributed by atoms with Crippen molar-refractivity contribution in [3.05, 3.63) is 16.1 Å². The molecular formula is C12H23N3S. The lowest BCUT2D eigenvalue weighted by Crippen LogP contribution is -2.28. The predicted molar refractivity (Wildman–Crippen MR) is 70.7 cm³/mol. The molecule has 1 heterocycles. The summed E-state index contributed by atoms with van der Waals surface area (Å²) in [5, 5.41) is 6.73. The van der Waals surface area contributed by atoms with Crippen LogP contribution in [0.3, 0.4) is 0 Å². The van der Waals surface area contributed by atoms with Crippen LogP contribution in [0.5, 0.6) is 0 Å². The van der Waals surface area contributed by atoms with Crippen molar-refractivity contribution < 1.29 is 0 Å². The van der Waals surface area contributed by atoms with Gasteiger partial charge in [-0.25, -0.2) is 4.98 Å². The Hall–Kier alpha value is -0.450. The molecule has 0 radical (unpaired) electrons. The van der Waals surface area contributed by atoms with Crippen LogP contribution in [0.15, 0.2) is 5.38 Å². The minimum Gasteiger partial charge on any atom is -0.330 e. The monoisotopic (exact) mass is 241 g/mol. The fourth-order valence-corrected chi connectivity index (χ4v) is 2.14. The van der Waals surface area contributed by atoms with Gasteiger partial charge in [-0.2, -0.15) is 0 Å². The molecule has 1 aromatic rings. The third-order valence-corrected chi connectivity index (χ3v) is 3.78. The van der Waals surface area contributed by atoms with Crippen LogP contribution in [0.4, 0.5) is 0 Å². The lowest BCUT2D eigenvalue weighted by molar-refractivity contribution is 0.327. The summed E-state index contributed by atoms with van der Waals surface area (Å²) >= 11 is 1.71. The summed E-state index contributed by atoms with van der Waals surface area (Å²) in [6, 6.07) is 0. The molecule has 3 nitrogen and oxygen atoms in total. The third-order valence-electron chi connectivity index (χ3n) is 2.82. The Morgan fingerprint density at radius 1 is 1.50 bits per heavy atom. The maximum atomic E-state index is 5.50. The Morgan fingerprint density at radius 3 is 2.88 bits per heavy atom. The van der Waals surface area contributed by atoms with Crippen LogP contribution in [0.25, 0.3) is 0 Å². The summed E-state index contributed by atoms with van der Waals surface area (Å²) in [6.07, 6.45) is 2.08. The molecule has 0 saturated heterocycles. The van der Waals surface area contributed by atoms with Crippen LogP contribution in [0.1, 0.15) is 37.9 Å². The first kappa shape index (κ1) is 13.6. The van der Waals surface area contributed by atoms with Crippen molar-refractivity contribution in [2.75, 3.05) is 13.1 Å². The largest absolute Gasteiger partial charge is 0.330 e. The molecule has 16 heavy (non-hydrogen) atoms. The van der Waals surface area contributed by atoms with E-state index >= 15 is 0 Å². The van der Waals surface area contributed by atoms with Gasteiger partial charge in [0.1, 0.15) is 0 Å². The number of nitrogens with two attached hydrogens (primary N) is 1. The lowest BCUT2D eigenvalue weighted by Gasteiger charge is -2.22. The highest BCUT2D eigenvalue weighted by molar-refractivity contribution is 7.09. The number of nitrogens with one attached hydrogen (secondary N) is 1. The standard InChI is InChI=1S/C12H23N3S/c1-4-12(2,3)9-14-7-10-8-16-11(15-10)5-6-13/h8,14H,4-7,9,13H2,1-3H3. The van der Waals surface area contributed by atoms with Crippen molar-refractivity contribution in [3.8, 4) is 0 Å². The van der Waals surface area contributed by atoms with Gasteiger partial charge in [0.15, 0.2) is 0 Å². The zero-order valence-electron chi connectivity index (χ0n) is 10.5. The van der Waals surface area contributed by atoms with Crippen molar-refractivity contribution in [2.45, 2.75) is 40.2 Å². The van der Waals surface area contributed by atoms with Gasteiger partial charge in [-0.1, -0.05) is 20.8 Å². The van der Waals surface area contributed by atoms with Crippen LogP contribution in [0, 0.1) is 5.41 Å². The van der Waals surface area contributed by atoms with E-state index in [1.807, 2.05) is 0 Å². The Labute approximate surface area is 102 Å². The quantitative estimate of drug-likeness (QED) is 0.769. The fourth-order valence-electron chi connectivity index (χ4n) is 1.32. The van der Waals surface area contributed by atoms with Gasteiger partial charge in [0.2, 0.25) is 0 Å². The first-order valence-electron chi connectivity index (χ1n) is 5.91. The highest BCUT2D eigenvalue weighted by Gasteiger charge is 2.14. The Morgan fingerprint density at radius 2 is 2.25 bits per heavy atom. The molecule has 0 fully saturated rings. The topological polar surface area (TPSA) is 50.9 Å². The van der Waals surface area contributed by atoms with E-state index in [0.717, 1.165) is 30.2 Å². The molecular weight excluding hydrogens is 218 g/mol. The average Bonchev–Trinajstić information content (AvgIpc) is 2.66. The number of hydrogen-bond acceptors (Lipinski definition) is 4. The maximum absolute atomic E-state index is 5.50. The Balaban J connectivity index is 2.31. The summed E-state index contributed by atoms with van der Waals surface area (Å²) in [5.41, 5.74) is 7.01. The molecule has 0 atom stereocenters. The molecule has 0 amide bonds. The zero-order valence-corrected chi connectivity index (χ0v) is 11.4. The molecule has 0 aliphatic heterocycles. The van der Waals surface area contributed by atoms with E-state index in [0.29, 0.717) is 12.0 Å². The second-order valence-corrected chi connectivity index (χ2v) is 5.84. The molecule has 1 rings (SSSR count). The number of rotatable bonds is 7. The average molecular weight is 241 g/mol. The van der Waals surface area contributed by atoms with E-state index in [1.54, 1.807) is 11.3 Å². The van der Waals surface area contributed by atoms with Gasteiger partial charge in [-0.15, -0.1) is 11.3 Å². The normalized spacial score (nSPS) is 12.0. The minimum absolute atomic E-state index is 0.371. The molecule has 0 unspecified atom stereocenters. The van der Waals surface area contributed by atoms with Crippen LogP contribution in [0.2, 0.25) is 0 Å². The molecule has 3 N–H and O–H groups in total. The van der Waals surface area contributed by atoms with E-state index in [4.69, 9.17) is 5.73 Å². The van der Waals surface area contributed by atoms with E-state index in [1.165, 1.54) is 6.42 Å². The fraction of sp³-hybridized carbons (Fsp3) is 0.750. The van der Waals surface area contributed by atoms with Crippen molar-refractivity contribution in [1.29, 1.82) is 0 Å². The predicted octanol–water partition coefficient (Wildman–Crippen LogP) is 2.17. The van der Waals surface area contributed by atoms with Crippen LogP contribution < -0.4 is 11.1 Å². The van der Waals surface area contributed by atoms with Gasteiger partial charge in [-0.3, -0.25) is 0 Å². The Bertz CT molecular complexity index is 307. The summed E-state index contributed by atoms with van der Waals surface area (Å²) in [7, 11) is 0. The van der Waals surface area contributed by atoms with Crippen LogP contribution in [-0.2, 0) is 13.0 Å². The first-order valence-corrected chi connectivity index (χ1v) is 6.79. The third kappa shape index (κ3) is 4.60. The van der Waals surface area contributed by atoms with Crippen molar-refractivity contribution in [2.24, 2.45) is 11.1 Å². The molecule has 1 aromatic heterocycles. The van der Waals surface area contributed by atoms with E-state index in [2.05, 4.69) is 36.5 Å². The molecule has 0 aliphatic rings. The molecule has 92 valence electrons. The number of nitrogens with zero attached hydrogens (tertiary/aromatic N) is 1. The van der Waals surface area contributed by atoms with Crippen LogP contribution >= 0.6 is 11.3 Å². The maximum Gasteiger partial charge on any atom is 0.0941 e. The number of aromatic nitrogens is 1. The summed E-state index contributed by atoms with van der Waals surface area (Å²) in [4.78, 5) is 4.52. The summed E-state index contributed by atoms with van der Waals surface area (Å²) < 4.78 is 0. The van der Waals surface area contributed by atoms with E-state index in [9.17, 15) is 0 Å². The second-order valence-electron chi connectivity index (χ2n) is 4.89. The minimum atomic E-state index is 0.371. The van der Waals surface area contributed by atoms with Gasteiger partial charge in [0.05, 0.1) is 10.7 Å². The first-order chi connectivity index (χ1) is 7.57. The van der Waals surface area contributed by atoms with E-state index in [-0.39, 0.29) is 0 Å². The van der Waals surface area contributed by atoms with Gasteiger partial charge in [-0.05, 0) is 18.4 Å². The molecule has 0 saturated carbocycles. The zero-order chi connectivity index (χ0) is 12.0. The van der Waals surface area contributed by atoms with Gasteiger partial charge < -0.3 is 11.1 Å². The molecule has 0 spiro atoms. The van der Waals surface area contributed by atoms with Crippen LogP contribution in [-0.4, -0.2) is 18.1 Å².